The highest BCUT2D eigenvalue weighted by Crippen LogP contribution is 2.72. The molecule has 0 radical (unpaired) electrons. The number of rotatable bonds is 3. The Balaban J connectivity index is 1.78. The normalized spacial score (nSPS) is 46.1. The third-order valence-electron chi connectivity index (χ3n) is 10.0. The van der Waals surface area contributed by atoms with Gasteiger partial charge in [-0.25, -0.2) is 0 Å². The van der Waals surface area contributed by atoms with Crippen molar-refractivity contribution in [3.63, 3.8) is 0 Å². The summed E-state index contributed by atoms with van der Waals surface area (Å²) in [6.07, 6.45) is 15.3. The van der Waals surface area contributed by atoms with Gasteiger partial charge in [0, 0.05) is 5.41 Å². The number of hydrogen-bond donors (Lipinski definition) is 0. The van der Waals surface area contributed by atoms with E-state index in [1.165, 1.54) is 56.1 Å². The maximum Gasteiger partial charge on any atom is 0.0101 e. The van der Waals surface area contributed by atoms with Gasteiger partial charge in [-0.1, -0.05) is 88.6 Å². The van der Waals surface area contributed by atoms with Crippen LogP contribution >= 0.6 is 0 Å². The summed E-state index contributed by atoms with van der Waals surface area (Å²) < 4.78 is 0. The van der Waals surface area contributed by atoms with Gasteiger partial charge in [-0.3, -0.25) is 0 Å². The van der Waals surface area contributed by atoms with E-state index in [0.29, 0.717) is 16.2 Å². The van der Waals surface area contributed by atoms with Crippen LogP contribution in [0.5, 0.6) is 0 Å². The zero-order valence-corrected chi connectivity index (χ0v) is 18.5. The minimum atomic E-state index is 0.293. The zero-order chi connectivity index (χ0) is 19.6. The Hall–Kier alpha value is -1.04. The summed E-state index contributed by atoms with van der Waals surface area (Å²) >= 11 is 0. The largest absolute Gasteiger partial charge is 0.0993 e. The standard InChI is InChI=1S/C27H40/c1-8-19(4)27(7)20(9-2)17-24-22-11-10-21-16-18(3)12-14-25(21,5)23(22)13-15-26(24,27)6/h13,16,20,22,24H,3-4,8-12,14-15,17H2,1-2,5-7H3/t20?,22?,24?,25-,26-,27-/m0/s1. The van der Waals surface area contributed by atoms with E-state index in [1.54, 1.807) is 11.1 Å². The van der Waals surface area contributed by atoms with Gasteiger partial charge in [0.15, 0.2) is 0 Å². The van der Waals surface area contributed by atoms with E-state index in [4.69, 9.17) is 0 Å². The quantitative estimate of drug-likeness (QED) is 0.444. The van der Waals surface area contributed by atoms with Gasteiger partial charge in [-0.05, 0) is 73.5 Å². The molecule has 0 aromatic heterocycles. The lowest BCUT2D eigenvalue weighted by atomic mass is 9.48. The van der Waals surface area contributed by atoms with Crippen LogP contribution in [0.4, 0.5) is 0 Å². The Kier molecular flexibility index (Phi) is 4.45. The van der Waals surface area contributed by atoms with Crippen molar-refractivity contribution in [1.29, 1.82) is 0 Å². The lowest BCUT2D eigenvalue weighted by Crippen LogP contribution is -2.47. The molecular weight excluding hydrogens is 324 g/mol. The molecule has 0 heteroatoms. The third-order valence-corrected chi connectivity index (χ3v) is 10.0. The average Bonchev–Trinajstić information content (AvgIpc) is 2.90. The molecule has 0 spiro atoms. The summed E-state index contributed by atoms with van der Waals surface area (Å²) in [5.74, 6) is 2.42. The van der Waals surface area contributed by atoms with Crippen LogP contribution < -0.4 is 0 Å². The first kappa shape index (κ1) is 19.3. The van der Waals surface area contributed by atoms with Gasteiger partial charge < -0.3 is 0 Å². The Morgan fingerprint density at radius 3 is 2.59 bits per heavy atom. The molecule has 0 saturated heterocycles. The van der Waals surface area contributed by atoms with Crippen molar-refractivity contribution in [2.75, 3.05) is 0 Å². The van der Waals surface area contributed by atoms with E-state index in [9.17, 15) is 0 Å². The molecule has 0 aromatic carbocycles. The van der Waals surface area contributed by atoms with Crippen LogP contribution in [0.3, 0.4) is 0 Å². The topological polar surface area (TPSA) is 0 Å². The fraction of sp³-hybridized carbons (Fsp3) is 0.704. The molecule has 27 heavy (non-hydrogen) atoms. The summed E-state index contributed by atoms with van der Waals surface area (Å²) in [7, 11) is 0. The molecule has 4 rings (SSSR count). The fourth-order valence-corrected chi connectivity index (χ4v) is 7.98. The molecule has 0 aromatic rings. The van der Waals surface area contributed by atoms with Crippen LogP contribution in [-0.4, -0.2) is 0 Å². The second kappa shape index (κ2) is 6.23. The van der Waals surface area contributed by atoms with E-state index in [1.807, 2.05) is 0 Å². The van der Waals surface area contributed by atoms with Crippen molar-refractivity contribution in [3.05, 3.63) is 47.6 Å². The second-order valence-corrected chi connectivity index (χ2v) is 10.7. The molecule has 148 valence electrons. The smallest absolute Gasteiger partial charge is 0.0101 e. The van der Waals surface area contributed by atoms with E-state index >= 15 is 0 Å². The van der Waals surface area contributed by atoms with Crippen LogP contribution in [0.25, 0.3) is 0 Å². The lowest BCUT2D eigenvalue weighted by Gasteiger charge is -2.56. The first-order chi connectivity index (χ1) is 12.7. The number of allylic oxidation sites excluding steroid dienone is 6. The first-order valence-electron chi connectivity index (χ1n) is 11.5. The molecule has 0 amide bonds. The van der Waals surface area contributed by atoms with E-state index in [2.05, 4.69) is 59.9 Å². The summed E-state index contributed by atoms with van der Waals surface area (Å²) in [4.78, 5) is 0. The predicted molar refractivity (Wildman–Crippen MR) is 118 cm³/mol. The predicted octanol–water partition coefficient (Wildman–Crippen LogP) is 8.03. The summed E-state index contributed by atoms with van der Waals surface area (Å²) in [5, 5.41) is 0. The molecule has 0 N–H and O–H groups in total. The van der Waals surface area contributed by atoms with Gasteiger partial charge in [-0.15, -0.1) is 0 Å². The minimum Gasteiger partial charge on any atom is -0.0993 e. The summed E-state index contributed by atoms with van der Waals surface area (Å²) in [6.45, 7) is 21.4. The third kappa shape index (κ3) is 2.34. The van der Waals surface area contributed by atoms with Crippen LogP contribution in [-0.2, 0) is 0 Å². The Morgan fingerprint density at radius 1 is 1.19 bits per heavy atom. The maximum absolute atomic E-state index is 4.61. The van der Waals surface area contributed by atoms with Crippen LogP contribution in [0, 0.1) is 34.0 Å². The van der Waals surface area contributed by atoms with Gasteiger partial charge in [0.1, 0.15) is 0 Å². The minimum absolute atomic E-state index is 0.293. The van der Waals surface area contributed by atoms with Crippen molar-refractivity contribution in [2.24, 2.45) is 34.0 Å². The molecule has 6 atom stereocenters. The van der Waals surface area contributed by atoms with Crippen molar-refractivity contribution < 1.29 is 0 Å². The van der Waals surface area contributed by atoms with E-state index < -0.39 is 0 Å². The molecule has 4 aliphatic rings. The molecule has 0 aliphatic heterocycles. The van der Waals surface area contributed by atoms with Crippen molar-refractivity contribution in [2.45, 2.75) is 86.0 Å². The van der Waals surface area contributed by atoms with Gasteiger partial charge >= 0.3 is 0 Å². The number of fused-ring (bicyclic) bond motifs is 5. The molecule has 0 bridgehead atoms. The molecule has 2 fully saturated rings. The SMILES string of the molecule is C=C1C=C2CCC3C(=CC[C@@]4(C)C3CC(CC)[C@]4(C)C(=C)CC)[C@@]2(C)CC1. The van der Waals surface area contributed by atoms with Crippen LogP contribution in [0.2, 0.25) is 0 Å². The van der Waals surface area contributed by atoms with Crippen molar-refractivity contribution in [3.8, 4) is 0 Å². The maximum atomic E-state index is 4.61. The van der Waals surface area contributed by atoms with Gasteiger partial charge in [0.25, 0.3) is 0 Å². The second-order valence-electron chi connectivity index (χ2n) is 10.7. The van der Waals surface area contributed by atoms with Crippen LogP contribution in [0.1, 0.15) is 86.0 Å². The highest BCUT2D eigenvalue weighted by Gasteiger charge is 2.63. The van der Waals surface area contributed by atoms with Crippen molar-refractivity contribution in [1.82, 2.24) is 0 Å². The average molecular weight is 365 g/mol. The molecule has 3 unspecified atom stereocenters. The van der Waals surface area contributed by atoms with Crippen molar-refractivity contribution >= 4 is 0 Å². The molecule has 4 aliphatic carbocycles. The molecule has 0 nitrogen and oxygen atoms in total. The summed E-state index contributed by atoms with van der Waals surface area (Å²) in [6, 6.07) is 0. The highest BCUT2D eigenvalue weighted by molar-refractivity contribution is 5.43. The Morgan fingerprint density at radius 2 is 1.93 bits per heavy atom. The van der Waals surface area contributed by atoms with Gasteiger partial charge in [-0.2, -0.15) is 0 Å². The Bertz CT molecular complexity index is 733. The van der Waals surface area contributed by atoms with E-state index in [0.717, 1.165) is 24.2 Å². The highest BCUT2D eigenvalue weighted by atomic mass is 14.7. The molecule has 0 heterocycles. The lowest BCUT2D eigenvalue weighted by molar-refractivity contribution is 0.0354. The number of hydrogen-bond acceptors (Lipinski definition) is 0. The zero-order valence-electron chi connectivity index (χ0n) is 18.5. The Labute approximate surface area is 167 Å². The van der Waals surface area contributed by atoms with E-state index in [-0.39, 0.29) is 0 Å². The molecule has 2 saturated carbocycles. The summed E-state index contributed by atoms with van der Waals surface area (Å²) in [5.41, 5.74) is 7.32. The van der Waals surface area contributed by atoms with Crippen LogP contribution in [0.15, 0.2) is 47.6 Å². The van der Waals surface area contributed by atoms with Gasteiger partial charge in [0.2, 0.25) is 0 Å². The first-order valence-corrected chi connectivity index (χ1v) is 11.5. The fourth-order valence-electron chi connectivity index (χ4n) is 7.98. The monoisotopic (exact) mass is 364 g/mol. The molecular formula is C27H40. The van der Waals surface area contributed by atoms with Gasteiger partial charge in [0.05, 0.1) is 0 Å².